The molecule has 0 spiro atoms. The zero-order valence-electron chi connectivity index (χ0n) is 11.8. The number of hydrogen-bond donors (Lipinski definition) is 1. The largest absolute Gasteiger partial charge is 0.493 e. The summed E-state index contributed by atoms with van der Waals surface area (Å²) in [6.07, 6.45) is 1.71. The van der Waals surface area contributed by atoms with Crippen LogP contribution < -0.4 is 10.1 Å². The molecule has 0 bridgehead atoms. The maximum Gasteiger partial charge on any atom is 0.127 e. The van der Waals surface area contributed by atoms with Crippen molar-refractivity contribution in [2.24, 2.45) is 0 Å². The Hall–Kier alpha value is -1.22. The van der Waals surface area contributed by atoms with E-state index in [4.69, 9.17) is 27.9 Å². The highest BCUT2D eigenvalue weighted by atomic mass is 35.5. The van der Waals surface area contributed by atoms with Crippen LogP contribution in [0.15, 0.2) is 36.4 Å². The number of nitrogens with one attached hydrogen (secondary N) is 1. The van der Waals surface area contributed by atoms with E-state index < -0.39 is 0 Å². The zero-order chi connectivity index (χ0) is 14.8. The Bertz CT molecular complexity index is 637. The van der Waals surface area contributed by atoms with Gasteiger partial charge in [-0.05, 0) is 36.7 Å². The lowest BCUT2D eigenvalue weighted by Crippen LogP contribution is -2.20. The molecule has 1 heterocycles. The van der Waals surface area contributed by atoms with Crippen molar-refractivity contribution in [2.45, 2.75) is 18.9 Å². The van der Waals surface area contributed by atoms with Crippen LogP contribution in [0.25, 0.3) is 0 Å². The van der Waals surface area contributed by atoms with E-state index in [0.717, 1.165) is 30.8 Å². The summed E-state index contributed by atoms with van der Waals surface area (Å²) in [5.41, 5.74) is 3.41. The average molecular weight is 322 g/mol. The third kappa shape index (κ3) is 2.89. The van der Waals surface area contributed by atoms with Crippen molar-refractivity contribution < 1.29 is 4.74 Å². The third-order valence-corrected chi connectivity index (χ3v) is 4.65. The highest BCUT2D eigenvalue weighted by molar-refractivity contribution is 6.36. The van der Waals surface area contributed by atoms with E-state index >= 15 is 0 Å². The van der Waals surface area contributed by atoms with E-state index in [1.165, 1.54) is 11.1 Å². The summed E-state index contributed by atoms with van der Waals surface area (Å²) in [4.78, 5) is 0. The summed E-state index contributed by atoms with van der Waals surface area (Å²) in [7, 11) is 1.95. The van der Waals surface area contributed by atoms with Crippen LogP contribution in [-0.4, -0.2) is 13.7 Å². The molecule has 2 nitrogen and oxygen atoms in total. The van der Waals surface area contributed by atoms with Crippen LogP contribution in [0.1, 0.15) is 22.7 Å². The van der Waals surface area contributed by atoms with Gasteiger partial charge in [-0.3, -0.25) is 0 Å². The van der Waals surface area contributed by atoms with E-state index in [1.807, 2.05) is 25.2 Å². The standard InChI is InChI=1S/C17H17Cl2NO/c1-20-16(10-13-14(18)6-3-7-15(13)19)12-5-2-4-11-8-9-21-17(11)12/h2-7,16,20H,8-10H2,1H3. The van der Waals surface area contributed by atoms with Gasteiger partial charge in [0.25, 0.3) is 0 Å². The molecule has 4 heteroatoms. The average Bonchev–Trinajstić information content (AvgIpc) is 2.96. The van der Waals surface area contributed by atoms with Crippen LogP contribution in [-0.2, 0) is 12.8 Å². The van der Waals surface area contributed by atoms with Gasteiger partial charge < -0.3 is 10.1 Å². The zero-order valence-corrected chi connectivity index (χ0v) is 13.3. The Balaban J connectivity index is 1.95. The van der Waals surface area contributed by atoms with E-state index in [-0.39, 0.29) is 6.04 Å². The molecule has 0 aliphatic carbocycles. The summed E-state index contributed by atoms with van der Waals surface area (Å²) in [6.45, 7) is 0.760. The van der Waals surface area contributed by atoms with E-state index in [2.05, 4.69) is 23.5 Å². The smallest absolute Gasteiger partial charge is 0.127 e. The van der Waals surface area contributed by atoms with Gasteiger partial charge in [-0.15, -0.1) is 0 Å². The topological polar surface area (TPSA) is 21.3 Å². The first-order valence-electron chi connectivity index (χ1n) is 7.05. The van der Waals surface area contributed by atoms with Crippen LogP contribution in [0.2, 0.25) is 10.0 Å². The fraction of sp³-hybridized carbons (Fsp3) is 0.294. The van der Waals surface area contributed by atoms with Crippen LogP contribution in [0.4, 0.5) is 0 Å². The number of hydrogen-bond acceptors (Lipinski definition) is 2. The van der Waals surface area contributed by atoms with Crippen molar-refractivity contribution in [3.05, 3.63) is 63.1 Å². The van der Waals surface area contributed by atoms with Gasteiger partial charge in [0, 0.05) is 28.1 Å². The normalized spacial score (nSPS) is 14.6. The van der Waals surface area contributed by atoms with E-state index in [0.29, 0.717) is 10.0 Å². The first kappa shape index (κ1) is 14.7. The molecule has 0 radical (unpaired) electrons. The Morgan fingerprint density at radius 1 is 1.14 bits per heavy atom. The number of rotatable bonds is 4. The van der Waals surface area contributed by atoms with Gasteiger partial charge in [-0.25, -0.2) is 0 Å². The van der Waals surface area contributed by atoms with Crippen LogP contribution >= 0.6 is 23.2 Å². The number of benzene rings is 2. The molecule has 2 aromatic carbocycles. The molecule has 1 aliphatic rings. The molecule has 1 N–H and O–H groups in total. The lowest BCUT2D eigenvalue weighted by atomic mass is 9.96. The molecule has 0 saturated carbocycles. The Labute approximate surface area is 135 Å². The third-order valence-electron chi connectivity index (χ3n) is 3.94. The first-order valence-corrected chi connectivity index (χ1v) is 7.81. The minimum absolute atomic E-state index is 0.121. The van der Waals surface area contributed by atoms with Gasteiger partial charge >= 0.3 is 0 Å². The maximum absolute atomic E-state index is 6.29. The number of ether oxygens (including phenoxy) is 1. The predicted octanol–water partition coefficient (Wildman–Crippen LogP) is 4.43. The molecule has 0 aromatic heterocycles. The number of para-hydroxylation sites is 1. The molecule has 1 unspecified atom stereocenters. The fourth-order valence-electron chi connectivity index (χ4n) is 2.81. The highest BCUT2D eigenvalue weighted by Gasteiger charge is 2.22. The van der Waals surface area contributed by atoms with Crippen molar-refractivity contribution in [3.8, 4) is 5.75 Å². The minimum atomic E-state index is 0.121. The number of halogens is 2. The molecule has 2 aromatic rings. The monoisotopic (exact) mass is 321 g/mol. The molecule has 110 valence electrons. The van der Waals surface area contributed by atoms with Crippen molar-refractivity contribution in [3.63, 3.8) is 0 Å². The second kappa shape index (κ2) is 6.27. The summed E-state index contributed by atoms with van der Waals surface area (Å²) in [5.74, 6) is 1.01. The lowest BCUT2D eigenvalue weighted by Gasteiger charge is -2.20. The quantitative estimate of drug-likeness (QED) is 0.899. The van der Waals surface area contributed by atoms with Crippen molar-refractivity contribution in [2.75, 3.05) is 13.7 Å². The molecule has 3 rings (SSSR count). The summed E-state index contributed by atoms with van der Waals surface area (Å²) >= 11 is 12.6. The molecule has 0 fully saturated rings. The van der Waals surface area contributed by atoms with Crippen molar-refractivity contribution >= 4 is 23.2 Å². The van der Waals surface area contributed by atoms with Crippen LogP contribution in [0.3, 0.4) is 0 Å². The van der Waals surface area contributed by atoms with Gasteiger partial charge in [0.05, 0.1) is 6.61 Å². The molecular formula is C17H17Cl2NO. The van der Waals surface area contributed by atoms with Crippen LogP contribution in [0.5, 0.6) is 5.75 Å². The summed E-state index contributed by atoms with van der Waals surface area (Å²) < 4.78 is 5.80. The van der Waals surface area contributed by atoms with E-state index in [1.54, 1.807) is 0 Å². The molecule has 0 amide bonds. The Kier molecular flexibility index (Phi) is 4.39. The van der Waals surface area contributed by atoms with Gasteiger partial charge in [0.15, 0.2) is 0 Å². The SMILES string of the molecule is CNC(Cc1c(Cl)cccc1Cl)c1cccc2c1OCC2. The molecule has 0 saturated heterocycles. The second-order valence-corrected chi connectivity index (χ2v) is 5.99. The second-order valence-electron chi connectivity index (χ2n) is 5.18. The van der Waals surface area contributed by atoms with Gasteiger partial charge in [-0.2, -0.15) is 0 Å². The number of likely N-dealkylation sites (N-methyl/N-ethyl adjacent to an activating group) is 1. The van der Waals surface area contributed by atoms with Gasteiger partial charge in [0.1, 0.15) is 5.75 Å². The van der Waals surface area contributed by atoms with E-state index in [9.17, 15) is 0 Å². The Morgan fingerprint density at radius 3 is 2.57 bits per heavy atom. The fourth-order valence-corrected chi connectivity index (χ4v) is 3.37. The minimum Gasteiger partial charge on any atom is -0.493 e. The van der Waals surface area contributed by atoms with Crippen molar-refractivity contribution in [1.29, 1.82) is 0 Å². The predicted molar refractivity (Wildman–Crippen MR) is 87.6 cm³/mol. The number of fused-ring (bicyclic) bond motifs is 1. The molecule has 21 heavy (non-hydrogen) atoms. The van der Waals surface area contributed by atoms with Crippen LogP contribution in [0, 0.1) is 0 Å². The lowest BCUT2D eigenvalue weighted by molar-refractivity contribution is 0.349. The van der Waals surface area contributed by atoms with Crippen molar-refractivity contribution in [1.82, 2.24) is 5.32 Å². The molecule has 1 aliphatic heterocycles. The van der Waals surface area contributed by atoms with Gasteiger partial charge in [-0.1, -0.05) is 47.5 Å². The Morgan fingerprint density at radius 2 is 1.86 bits per heavy atom. The maximum atomic E-state index is 6.29. The molecule has 1 atom stereocenters. The first-order chi connectivity index (χ1) is 10.2. The van der Waals surface area contributed by atoms with Gasteiger partial charge in [0.2, 0.25) is 0 Å². The highest BCUT2D eigenvalue weighted by Crippen LogP contribution is 2.36. The summed E-state index contributed by atoms with van der Waals surface area (Å²) in [6, 6.07) is 12.1. The summed E-state index contributed by atoms with van der Waals surface area (Å²) in [5, 5.41) is 4.76. The molecular weight excluding hydrogens is 305 g/mol.